The molecule has 0 radical (unpaired) electrons. The van der Waals surface area contributed by atoms with Gasteiger partial charge >= 0.3 is 0 Å². The Morgan fingerprint density at radius 2 is 2.07 bits per heavy atom. The Hall–Kier alpha value is -2.28. The molecule has 150 valence electrons. The van der Waals surface area contributed by atoms with E-state index in [4.69, 9.17) is 0 Å². The Balaban J connectivity index is 1.38. The predicted octanol–water partition coefficient (Wildman–Crippen LogP) is 2.19. The van der Waals surface area contributed by atoms with Crippen molar-refractivity contribution in [3.8, 4) is 0 Å². The minimum atomic E-state index is 0.0421. The summed E-state index contributed by atoms with van der Waals surface area (Å²) in [6.07, 6.45) is 9.76. The quantitative estimate of drug-likeness (QED) is 0.825. The number of hydrogen-bond acceptors (Lipinski definition) is 6. The third kappa shape index (κ3) is 4.58. The molecule has 0 bridgehead atoms. The number of fused-ring (bicyclic) bond motifs is 1. The summed E-state index contributed by atoms with van der Waals surface area (Å²) in [7, 11) is 0. The van der Waals surface area contributed by atoms with E-state index in [2.05, 4.69) is 25.3 Å². The minimum absolute atomic E-state index is 0.0421. The SMILES string of the molecule is Cc1ccnc(NCC2CCCCN2CCn2nc3c(cc2=O)CCCC3)n1. The lowest BCUT2D eigenvalue weighted by molar-refractivity contribution is 0.147. The number of aromatic nitrogens is 4. The lowest BCUT2D eigenvalue weighted by Crippen LogP contribution is -2.46. The van der Waals surface area contributed by atoms with Crippen LogP contribution in [0.5, 0.6) is 0 Å². The first-order chi connectivity index (χ1) is 13.7. The van der Waals surface area contributed by atoms with Crippen LogP contribution < -0.4 is 10.9 Å². The first-order valence-corrected chi connectivity index (χ1v) is 10.6. The highest BCUT2D eigenvalue weighted by Crippen LogP contribution is 2.18. The third-order valence-electron chi connectivity index (χ3n) is 5.91. The molecule has 2 aromatic rings. The molecule has 28 heavy (non-hydrogen) atoms. The van der Waals surface area contributed by atoms with Crippen LogP contribution in [-0.2, 0) is 19.4 Å². The summed E-state index contributed by atoms with van der Waals surface area (Å²) in [5, 5.41) is 8.06. The second-order valence-electron chi connectivity index (χ2n) is 7.97. The van der Waals surface area contributed by atoms with Gasteiger partial charge in [0.05, 0.1) is 12.2 Å². The van der Waals surface area contributed by atoms with Crippen LogP contribution >= 0.6 is 0 Å². The van der Waals surface area contributed by atoms with E-state index in [9.17, 15) is 4.79 Å². The van der Waals surface area contributed by atoms with Crippen molar-refractivity contribution in [3.63, 3.8) is 0 Å². The topological polar surface area (TPSA) is 75.9 Å². The molecule has 3 heterocycles. The van der Waals surface area contributed by atoms with Crippen LogP contribution in [-0.4, -0.2) is 50.3 Å². The predicted molar refractivity (Wildman–Crippen MR) is 110 cm³/mol. The Labute approximate surface area is 166 Å². The van der Waals surface area contributed by atoms with Gasteiger partial charge in [-0.3, -0.25) is 9.69 Å². The van der Waals surface area contributed by atoms with Crippen molar-refractivity contribution in [2.45, 2.75) is 64.5 Å². The van der Waals surface area contributed by atoms with Gasteiger partial charge in [0.2, 0.25) is 5.95 Å². The number of anilines is 1. The smallest absolute Gasteiger partial charge is 0.267 e. The number of aryl methyl sites for hydroxylation is 3. The van der Waals surface area contributed by atoms with Gasteiger partial charge in [0.25, 0.3) is 5.56 Å². The highest BCUT2D eigenvalue weighted by Gasteiger charge is 2.23. The van der Waals surface area contributed by atoms with E-state index in [0.29, 0.717) is 18.5 Å². The fourth-order valence-corrected chi connectivity index (χ4v) is 4.31. The molecule has 7 heteroatoms. The monoisotopic (exact) mass is 382 g/mol. The molecule has 0 amide bonds. The van der Waals surface area contributed by atoms with Crippen LogP contribution in [0.3, 0.4) is 0 Å². The molecule has 2 aliphatic rings. The molecule has 1 aliphatic carbocycles. The summed E-state index contributed by atoms with van der Waals surface area (Å²) in [5.74, 6) is 0.693. The van der Waals surface area contributed by atoms with Crippen molar-refractivity contribution in [1.82, 2.24) is 24.6 Å². The van der Waals surface area contributed by atoms with E-state index in [0.717, 1.165) is 55.8 Å². The van der Waals surface area contributed by atoms with Gasteiger partial charge in [-0.25, -0.2) is 14.6 Å². The standard InChI is InChI=1S/C21H30N6O/c1-16-9-10-22-21(24-16)23-15-18-7-4-5-11-26(18)12-13-27-20(28)14-17-6-2-3-8-19(17)25-27/h9-10,14,18H,2-8,11-13,15H2,1H3,(H,22,23,24). The molecule has 0 saturated carbocycles. The Morgan fingerprint density at radius 1 is 1.18 bits per heavy atom. The number of nitrogens with zero attached hydrogens (tertiary/aromatic N) is 5. The van der Waals surface area contributed by atoms with Crippen molar-refractivity contribution in [1.29, 1.82) is 0 Å². The van der Waals surface area contributed by atoms with Crippen molar-refractivity contribution >= 4 is 5.95 Å². The van der Waals surface area contributed by atoms with Crippen LogP contribution in [0, 0.1) is 6.92 Å². The van der Waals surface area contributed by atoms with E-state index in [-0.39, 0.29) is 5.56 Å². The highest BCUT2D eigenvalue weighted by atomic mass is 16.1. The molecule has 4 rings (SSSR count). The zero-order valence-electron chi connectivity index (χ0n) is 16.7. The fraction of sp³-hybridized carbons (Fsp3) is 0.619. The van der Waals surface area contributed by atoms with Crippen molar-refractivity contribution in [3.05, 3.63) is 45.6 Å². The maximum Gasteiger partial charge on any atom is 0.267 e. The third-order valence-corrected chi connectivity index (χ3v) is 5.91. The molecule has 1 unspecified atom stereocenters. The van der Waals surface area contributed by atoms with Crippen molar-refractivity contribution in [2.75, 3.05) is 25.0 Å². The number of piperidine rings is 1. The molecular formula is C21H30N6O. The summed E-state index contributed by atoms with van der Waals surface area (Å²) >= 11 is 0. The Morgan fingerprint density at radius 3 is 2.96 bits per heavy atom. The fourth-order valence-electron chi connectivity index (χ4n) is 4.31. The molecule has 0 spiro atoms. The van der Waals surface area contributed by atoms with E-state index in [1.54, 1.807) is 10.9 Å². The molecule has 1 atom stereocenters. The van der Waals surface area contributed by atoms with Gasteiger partial charge in [0, 0.05) is 37.1 Å². The maximum absolute atomic E-state index is 12.4. The largest absolute Gasteiger partial charge is 0.353 e. The molecule has 0 aromatic carbocycles. The first-order valence-electron chi connectivity index (χ1n) is 10.6. The van der Waals surface area contributed by atoms with Gasteiger partial charge in [-0.2, -0.15) is 5.10 Å². The summed E-state index contributed by atoms with van der Waals surface area (Å²) in [5.41, 5.74) is 3.29. The second kappa shape index (κ2) is 8.82. The van der Waals surface area contributed by atoms with Crippen molar-refractivity contribution in [2.24, 2.45) is 0 Å². The van der Waals surface area contributed by atoms with E-state index < -0.39 is 0 Å². The Kier molecular flexibility index (Phi) is 6.00. The van der Waals surface area contributed by atoms with Gasteiger partial charge in [0.1, 0.15) is 0 Å². The average molecular weight is 383 g/mol. The van der Waals surface area contributed by atoms with Crippen LogP contribution in [0.25, 0.3) is 0 Å². The summed E-state index contributed by atoms with van der Waals surface area (Å²) in [6, 6.07) is 4.15. The summed E-state index contributed by atoms with van der Waals surface area (Å²) < 4.78 is 1.67. The highest BCUT2D eigenvalue weighted by molar-refractivity contribution is 5.25. The van der Waals surface area contributed by atoms with Crippen molar-refractivity contribution < 1.29 is 0 Å². The number of rotatable bonds is 6. The number of nitrogens with one attached hydrogen (secondary N) is 1. The average Bonchev–Trinajstić information content (AvgIpc) is 2.71. The van der Waals surface area contributed by atoms with Crippen LogP contribution in [0.2, 0.25) is 0 Å². The molecule has 1 aliphatic heterocycles. The molecule has 2 aromatic heterocycles. The minimum Gasteiger partial charge on any atom is -0.353 e. The first kappa shape index (κ1) is 19.1. The summed E-state index contributed by atoms with van der Waals surface area (Å²) in [6.45, 7) is 5.38. The zero-order valence-corrected chi connectivity index (χ0v) is 16.7. The van der Waals surface area contributed by atoms with E-state index in [1.165, 1.54) is 25.7 Å². The number of hydrogen-bond donors (Lipinski definition) is 1. The van der Waals surface area contributed by atoms with E-state index >= 15 is 0 Å². The van der Waals surface area contributed by atoms with Gasteiger partial charge in [-0.05, 0) is 63.6 Å². The lowest BCUT2D eigenvalue weighted by atomic mass is 9.97. The molecule has 7 nitrogen and oxygen atoms in total. The molecular weight excluding hydrogens is 352 g/mol. The van der Waals surface area contributed by atoms with Gasteiger partial charge in [-0.15, -0.1) is 0 Å². The molecule has 1 N–H and O–H groups in total. The zero-order chi connectivity index (χ0) is 19.3. The van der Waals surface area contributed by atoms with Crippen LogP contribution in [0.1, 0.15) is 49.1 Å². The molecule has 1 fully saturated rings. The lowest BCUT2D eigenvalue weighted by Gasteiger charge is -2.35. The van der Waals surface area contributed by atoms with Crippen LogP contribution in [0.4, 0.5) is 5.95 Å². The van der Waals surface area contributed by atoms with Gasteiger partial charge in [0.15, 0.2) is 0 Å². The molecule has 1 saturated heterocycles. The van der Waals surface area contributed by atoms with Crippen LogP contribution in [0.15, 0.2) is 23.1 Å². The maximum atomic E-state index is 12.4. The van der Waals surface area contributed by atoms with Gasteiger partial charge in [-0.1, -0.05) is 6.42 Å². The Bertz CT molecular complexity index is 864. The van der Waals surface area contributed by atoms with Gasteiger partial charge < -0.3 is 5.32 Å². The second-order valence-corrected chi connectivity index (χ2v) is 7.97. The summed E-state index contributed by atoms with van der Waals surface area (Å²) in [4.78, 5) is 23.7. The normalized spacial score (nSPS) is 20.0. The number of likely N-dealkylation sites (tertiary alicyclic amines) is 1. The van der Waals surface area contributed by atoms with E-state index in [1.807, 2.05) is 19.1 Å².